The zero-order valence-electron chi connectivity index (χ0n) is 12.4. The lowest BCUT2D eigenvalue weighted by atomic mass is 10.1. The van der Waals surface area contributed by atoms with Gasteiger partial charge in [-0.2, -0.15) is 0 Å². The summed E-state index contributed by atoms with van der Waals surface area (Å²) in [7, 11) is 0. The molecule has 21 heavy (non-hydrogen) atoms. The van der Waals surface area contributed by atoms with Gasteiger partial charge in [-0.3, -0.25) is 9.59 Å². The van der Waals surface area contributed by atoms with E-state index in [0.717, 1.165) is 5.56 Å². The monoisotopic (exact) mass is 312 g/mol. The van der Waals surface area contributed by atoms with Gasteiger partial charge >= 0.3 is 5.97 Å². The van der Waals surface area contributed by atoms with E-state index in [9.17, 15) is 9.59 Å². The Morgan fingerprint density at radius 3 is 2.52 bits per heavy atom. The predicted molar refractivity (Wildman–Crippen MR) is 83.7 cm³/mol. The molecule has 1 unspecified atom stereocenters. The third kappa shape index (κ3) is 6.14. The van der Waals surface area contributed by atoms with Crippen LogP contribution in [0.4, 0.5) is 5.69 Å². The van der Waals surface area contributed by atoms with E-state index in [1.807, 2.05) is 20.8 Å². The lowest BCUT2D eigenvalue weighted by Crippen LogP contribution is -2.41. The minimum atomic E-state index is -1.03. The number of hydrogen-bond acceptors (Lipinski definition) is 3. The highest BCUT2D eigenvalue weighted by atomic mass is 35.5. The van der Waals surface area contributed by atoms with Crippen molar-refractivity contribution in [1.82, 2.24) is 5.32 Å². The van der Waals surface area contributed by atoms with E-state index in [0.29, 0.717) is 23.2 Å². The molecule has 0 saturated heterocycles. The van der Waals surface area contributed by atoms with Crippen LogP contribution in [0.3, 0.4) is 0 Å². The van der Waals surface area contributed by atoms with Crippen molar-refractivity contribution < 1.29 is 14.7 Å². The number of halogens is 1. The summed E-state index contributed by atoms with van der Waals surface area (Å²) in [5.74, 6) is -1.09. The molecule has 0 bridgehead atoms. The number of carboxylic acid groups (broad SMARTS) is 1. The predicted octanol–water partition coefficient (Wildman–Crippen LogP) is 2.68. The molecule has 1 aromatic carbocycles. The van der Waals surface area contributed by atoms with Crippen molar-refractivity contribution in [1.29, 1.82) is 0 Å². The normalized spacial score (nSPS) is 12.2. The molecule has 0 saturated carbocycles. The van der Waals surface area contributed by atoms with Gasteiger partial charge in [0, 0.05) is 10.7 Å². The number of carbonyl (C=O) groups excluding carboxylic acids is 1. The maximum absolute atomic E-state index is 11.9. The quantitative estimate of drug-likeness (QED) is 0.723. The van der Waals surface area contributed by atoms with Crippen molar-refractivity contribution >= 4 is 29.2 Å². The molecule has 0 aliphatic rings. The number of nitrogens with one attached hydrogen (secondary N) is 2. The molecule has 0 fully saturated rings. The summed E-state index contributed by atoms with van der Waals surface area (Å²) in [5, 5.41) is 15.2. The van der Waals surface area contributed by atoms with E-state index in [2.05, 4.69) is 10.6 Å². The van der Waals surface area contributed by atoms with Crippen LogP contribution in [0.25, 0.3) is 0 Å². The van der Waals surface area contributed by atoms with Gasteiger partial charge in [-0.25, -0.2) is 0 Å². The van der Waals surface area contributed by atoms with E-state index in [-0.39, 0.29) is 12.3 Å². The average molecular weight is 313 g/mol. The lowest BCUT2D eigenvalue weighted by molar-refractivity contribution is -0.141. The summed E-state index contributed by atoms with van der Waals surface area (Å²) in [6, 6.07) is 4.28. The van der Waals surface area contributed by atoms with Crippen LogP contribution in [-0.2, 0) is 9.59 Å². The summed E-state index contributed by atoms with van der Waals surface area (Å²) in [4.78, 5) is 23.0. The fourth-order valence-electron chi connectivity index (χ4n) is 1.69. The summed E-state index contributed by atoms with van der Waals surface area (Å²) < 4.78 is 0. The van der Waals surface area contributed by atoms with Gasteiger partial charge < -0.3 is 15.7 Å². The molecule has 0 aliphatic heterocycles. The second kappa shape index (κ2) is 8.00. The number of amides is 1. The highest BCUT2D eigenvalue weighted by Crippen LogP contribution is 2.20. The van der Waals surface area contributed by atoms with Crippen LogP contribution in [0, 0.1) is 12.8 Å². The molecule has 5 nitrogen and oxygen atoms in total. The Kier molecular flexibility index (Phi) is 6.65. The van der Waals surface area contributed by atoms with E-state index < -0.39 is 12.0 Å². The first kappa shape index (κ1) is 17.5. The third-order valence-corrected chi connectivity index (χ3v) is 3.32. The number of aryl methyl sites for hydroxylation is 1. The second-order valence-electron chi connectivity index (χ2n) is 5.41. The zero-order valence-corrected chi connectivity index (χ0v) is 13.2. The topological polar surface area (TPSA) is 78.4 Å². The molecule has 1 aromatic rings. The minimum absolute atomic E-state index is 0.131. The van der Waals surface area contributed by atoms with Crippen LogP contribution >= 0.6 is 11.6 Å². The van der Waals surface area contributed by atoms with E-state index in [1.54, 1.807) is 18.2 Å². The smallest absolute Gasteiger partial charge is 0.321 e. The molecule has 1 rings (SSSR count). The summed E-state index contributed by atoms with van der Waals surface area (Å²) in [6.45, 7) is 6.35. The molecule has 0 aromatic heterocycles. The van der Waals surface area contributed by atoms with Crippen molar-refractivity contribution in [3.8, 4) is 0 Å². The van der Waals surface area contributed by atoms with Crippen molar-refractivity contribution in [3.05, 3.63) is 28.8 Å². The fourth-order valence-corrected chi connectivity index (χ4v) is 1.87. The van der Waals surface area contributed by atoms with E-state index in [1.165, 1.54) is 0 Å². The Balaban J connectivity index is 2.60. The van der Waals surface area contributed by atoms with Crippen LogP contribution in [0.15, 0.2) is 18.2 Å². The SMILES string of the molecule is Cc1ccc(NC(=O)CC(NCC(C)C)C(=O)O)cc1Cl. The molecule has 1 atom stereocenters. The Morgan fingerprint density at radius 2 is 2.00 bits per heavy atom. The van der Waals surface area contributed by atoms with Gasteiger partial charge in [0.05, 0.1) is 6.42 Å². The number of carboxylic acids is 1. The van der Waals surface area contributed by atoms with Gasteiger partial charge in [0.1, 0.15) is 6.04 Å². The lowest BCUT2D eigenvalue weighted by Gasteiger charge is -2.16. The molecular formula is C15H21ClN2O3. The van der Waals surface area contributed by atoms with Crippen molar-refractivity contribution in [2.45, 2.75) is 33.2 Å². The van der Waals surface area contributed by atoms with Crippen molar-refractivity contribution in [2.24, 2.45) is 5.92 Å². The molecule has 1 amide bonds. The van der Waals surface area contributed by atoms with Crippen LogP contribution in [0.5, 0.6) is 0 Å². The first-order valence-corrected chi connectivity index (χ1v) is 7.19. The van der Waals surface area contributed by atoms with E-state index in [4.69, 9.17) is 16.7 Å². The van der Waals surface area contributed by atoms with Gasteiger partial charge in [-0.05, 0) is 37.1 Å². The first-order chi connectivity index (χ1) is 9.79. The van der Waals surface area contributed by atoms with E-state index >= 15 is 0 Å². The maximum atomic E-state index is 11.9. The number of hydrogen-bond donors (Lipinski definition) is 3. The Morgan fingerprint density at radius 1 is 1.33 bits per heavy atom. The number of anilines is 1. The average Bonchev–Trinajstić information content (AvgIpc) is 2.38. The molecule has 0 heterocycles. The summed E-state index contributed by atoms with van der Waals surface area (Å²) >= 11 is 5.98. The van der Waals surface area contributed by atoms with Crippen LogP contribution < -0.4 is 10.6 Å². The van der Waals surface area contributed by atoms with Gasteiger partial charge in [0.2, 0.25) is 5.91 Å². The maximum Gasteiger partial charge on any atom is 0.321 e. The van der Waals surface area contributed by atoms with Crippen molar-refractivity contribution in [3.63, 3.8) is 0 Å². The van der Waals surface area contributed by atoms with Crippen LogP contribution in [-0.4, -0.2) is 29.6 Å². The van der Waals surface area contributed by atoms with Crippen LogP contribution in [0.1, 0.15) is 25.8 Å². The number of carbonyl (C=O) groups is 2. The zero-order chi connectivity index (χ0) is 16.0. The highest BCUT2D eigenvalue weighted by Gasteiger charge is 2.21. The fraction of sp³-hybridized carbons (Fsp3) is 0.467. The van der Waals surface area contributed by atoms with Gasteiger partial charge in [-0.1, -0.05) is 31.5 Å². The molecule has 0 aliphatic carbocycles. The number of benzene rings is 1. The summed E-state index contributed by atoms with van der Waals surface area (Å²) in [6.07, 6.45) is -0.131. The van der Waals surface area contributed by atoms with Gasteiger partial charge in [-0.15, -0.1) is 0 Å². The van der Waals surface area contributed by atoms with Crippen molar-refractivity contribution in [2.75, 3.05) is 11.9 Å². The molecule has 3 N–H and O–H groups in total. The largest absolute Gasteiger partial charge is 0.480 e. The second-order valence-corrected chi connectivity index (χ2v) is 5.82. The van der Waals surface area contributed by atoms with Gasteiger partial charge in [0.15, 0.2) is 0 Å². The van der Waals surface area contributed by atoms with Gasteiger partial charge in [0.25, 0.3) is 0 Å². The Labute approximate surface area is 129 Å². The molecule has 6 heteroatoms. The third-order valence-electron chi connectivity index (χ3n) is 2.92. The summed E-state index contributed by atoms with van der Waals surface area (Å²) in [5.41, 5.74) is 1.47. The highest BCUT2D eigenvalue weighted by molar-refractivity contribution is 6.31. The molecular weight excluding hydrogens is 292 g/mol. The first-order valence-electron chi connectivity index (χ1n) is 6.81. The molecule has 0 radical (unpaired) electrons. The van der Waals surface area contributed by atoms with Crippen LogP contribution in [0.2, 0.25) is 5.02 Å². The Hall–Kier alpha value is -1.59. The number of aliphatic carboxylic acids is 1. The standard InChI is InChI=1S/C15H21ClN2O3/c1-9(2)8-17-13(15(20)21)7-14(19)18-11-5-4-10(3)12(16)6-11/h4-6,9,13,17H,7-8H2,1-3H3,(H,18,19)(H,20,21). The number of rotatable bonds is 7. The minimum Gasteiger partial charge on any atom is -0.480 e. The Bertz CT molecular complexity index is 518. The molecule has 116 valence electrons. The molecule has 0 spiro atoms.